The first kappa shape index (κ1) is 33.0. The number of halogens is 2. The SMILES string of the molecule is CC[C@@H](C)NC(=O)[C@@H](C)N(Cc1ccc(Cl)cc1Cl)C(=O)CN(c1ccc(OC)c(OC)c1)S(=O)(=O)c1ccccc1. The van der Waals surface area contributed by atoms with Crippen LogP contribution in [0.1, 0.15) is 32.8 Å². The second kappa shape index (κ2) is 14.6. The van der Waals surface area contributed by atoms with Crippen molar-refractivity contribution in [3.8, 4) is 11.5 Å². The Labute approximate surface area is 257 Å². The molecule has 0 aromatic heterocycles. The summed E-state index contributed by atoms with van der Waals surface area (Å²) in [5, 5.41) is 3.62. The molecule has 2 atom stereocenters. The molecule has 0 radical (unpaired) electrons. The highest BCUT2D eigenvalue weighted by atomic mass is 35.5. The number of amides is 2. The molecule has 9 nitrogen and oxygen atoms in total. The number of nitrogens with zero attached hydrogens (tertiary/aromatic N) is 2. The number of rotatable bonds is 13. The highest BCUT2D eigenvalue weighted by Crippen LogP contribution is 2.34. The third-order valence-corrected chi connectivity index (χ3v) is 9.16. The lowest BCUT2D eigenvalue weighted by atomic mass is 10.1. The first-order valence-electron chi connectivity index (χ1n) is 13.3. The minimum absolute atomic E-state index is 0.0116. The van der Waals surface area contributed by atoms with Gasteiger partial charge in [0.15, 0.2) is 11.5 Å². The number of methoxy groups -OCH3 is 2. The highest BCUT2D eigenvalue weighted by Gasteiger charge is 2.33. The Morgan fingerprint density at radius 3 is 2.19 bits per heavy atom. The summed E-state index contributed by atoms with van der Waals surface area (Å²) in [7, 11) is -1.35. The maximum absolute atomic E-state index is 14.1. The summed E-state index contributed by atoms with van der Waals surface area (Å²) in [5.74, 6) is -0.339. The third-order valence-electron chi connectivity index (χ3n) is 6.79. The molecule has 0 aliphatic rings. The standard InChI is InChI=1S/C30H35Cl2N3O6S/c1-6-20(2)33-30(37)21(3)34(18-22-12-13-23(31)16-26(22)32)29(36)19-35(42(38,39)25-10-8-7-9-11-25)24-14-15-27(40-4)28(17-24)41-5/h7-17,20-21H,6,18-19H2,1-5H3,(H,33,37)/t20-,21-/m1/s1. The van der Waals surface area contributed by atoms with Crippen LogP contribution in [0.25, 0.3) is 0 Å². The quantitative estimate of drug-likeness (QED) is 0.264. The number of anilines is 1. The van der Waals surface area contributed by atoms with Crippen LogP contribution in [0.15, 0.2) is 71.6 Å². The first-order chi connectivity index (χ1) is 19.9. The molecule has 3 aromatic rings. The van der Waals surface area contributed by atoms with Crippen molar-refractivity contribution in [1.82, 2.24) is 10.2 Å². The van der Waals surface area contributed by atoms with Gasteiger partial charge in [-0.05, 0) is 62.2 Å². The molecule has 3 rings (SSSR count). The molecule has 0 spiro atoms. The van der Waals surface area contributed by atoms with Gasteiger partial charge in [0, 0.05) is 28.7 Å². The largest absolute Gasteiger partial charge is 0.493 e. The molecule has 2 amide bonds. The van der Waals surface area contributed by atoms with E-state index in [0.717, 1.165) is 4.31 Å². The number of carbonyl (C=O) groups is 2. The molecular weight excluding hydrogens is 601 g/mol. The van der Waals surface area contributed by atoms with Gasteiger partial charge in [-0.25, -0.2) is 8.42 Å². The van der Waals surface area contributed by atoms with Gasteiger partial charge in [0.2, 0.25) is 11.8 Å². The van der Waals surface area contributed by atoms with E-state index in [4.69, 9.17) is 32.7 Å². The molecule has 0 aliphatic heterocycles. The highest BCUT2D eigenvalue weighted by molar-refractivity contribution is 7.92. The smallest absolute Gasteiger partial charge is 0.264 e. The van der Waals surface area contributed by atoms with Gasteiger partial charge in [-0.1, -0.05) is 54.4 Å². The number of sulfonamides is 1. The molecule has 0 bridgehead atoms. The van der Waals surface area contributed by atoms with E-state index in [2.05, 4.69) is 5.32 Å². The van der Waals surface area contributed by atoms with Crippen molar-refractivity contribution >= 4 is 50.7 Å². The minimum Gasteiger partial charge on any atom is -0.493 e. The topological polar surface area (TPSA) is 105 Å². The van der Waals surface area contributed by atoms with Gasteiger partial charge in [-0.3, -0.25) is 13.9 Å². The Morgan fingerprint density at radius 2 is 1.60 bits per heavy atom. The predicted molar refractivity (Wildman–Crippen MR) is 165 cm³/mol. The molecule has 0 saturated carbocycles. The Hall–Kier alpha value is -3.47. The summed E-state index contributed by atoms with van der Waals surface area (Å²) in [6.07, 6.45) is 0.692. The summed E-state index contributed by atoms with van der Waals surface area (Å²) in [5.41, 5.74) is 0.715. The first-order valence-corrected chi connectivity index (χ1v) is 15.5. The third kappa shape index (κ3) is 7.87. The molecule has 3 aromatic carbocycles. The molecular formula is C30H35Cl2N3O6S. The molecule has 0 unspecified atom stereocenters. The fourth-order valence-corrected chi connectivity index (χ4v) is 6.01. The zero-order chi connectivity index (χ0) is 31.0. The van der Waals surface area contributed by atoms with Crippen molar-refractivity contribution in [1.29, 1.82) is 0 Å². The van der Waals surface area contributed by atoms with Gasteiger partial charge in [0.1, 0.15) is 12.6 Å². The van der Waals surface area contributed by atoms with Crippen LogP contribution in [0.4, 0.5) is 5.69 Å². The van der Waals surface area contributed by atoms with Crippen molar-refractivity contribution in [2.24, 2.45) is 0 Å². The summed E-state index contributed by atoms with van der Waals surface area (Å²) >= 11 is 12.5. The molecule has 226 valence electrons. The maximum atomic E-state index is 14.1. The molecule has 0 fully saturated rings. The second-order valence-electron chi connectivity index (χ2n) is 9.62. The van der Waals surface area contributed by atoms with Gasteiger partial charge in [0.25, 0.3) is 10.0 Å². The zero-order valence-corrected chi connectivity index (χ0v) is 26.5. The number of carbonyl (C=O) groups excluding carboxylic acids is 2. The zero-order valence-electron chi connectivity index (χ0n) is 24.1. The van der Waals surface area contributed by atoms with Crippen molar-refractivity contribution in [2.45, 2.75) is 50.7 Å². The van der Waals surface area contributed by atoms with Crippen LogP contribution in [0.2, 0.25) is 10.0 Å². The van der Waals surface area contributed by atoms with Crippen LogP contribution >= 0.6 is 23.2 Å². The van der Waals surface area contributed by atoms with E-state index in [1.165, 1.54) is 43.4 Å². The Balaban J connectivity index is 2.09. The van der Waals surface area contributed by atoms with Crippen molar-refractivity contribution < 1.29 is 27.5 Å². The number of hydrogen-bond acceptors (Lipinski definition) is 6. The molecule has 12 heteroatoms. The Bertz CT molecular complexity index is 1500. The van der Waals surface area contributed by atoms with Crippen LogP contribution in [0.5, 0.6) is 11.5 Å². The van der Waals surface area contributed by atoms with Crippen LogP contribution in [0, 0.1) is 0 Å². The summed E-state index contributed by atoms with van der Waals surface area (Å²) in [6.45, 7) is 4.71. The average molecular weight is 637 g/mol. The number of hydrogen-bond donors (Lipinski definition) is 1. The molecule has 1 N–H and O–H groups in total. The van der Waals surface area contributed by atoms with Gasteiger partial charge in [-0.2, -0.15) is 0 Å². The van der Waals surface area contributed by atoms with Crippen molar-refractivity contribution in [2.75, 3.05) is 25.1 Å². The fourth-order valence-electron chi connectivity index (χ4n) is 4.11. The van der Waals surface area contributed by atoms with Gasteiger partial charge in [0.05, 0.1) is 24.8 Å². The van der Waals surface area contributed by atoms with E-state index in [1.54, 1.807) is 49.4 Å². The van der Waals surface area contributed by atoms with Gasteiger partial charge < -0.3 is 19.7 Å². The predicted octanol–water partition coefficient (Wildman–Crippen LogP) is 5.54. The van der Waals surface area contributed by atoms with Crippen molar-refractivity contribution in [3.63, 3.8) is 0 Å². The summed E-state index contributed by atoms with van der Waals surface area (Å²) in [6, 6.07) is 16.1. The van der Waals surface area contributed by atoms with E-state index >= 15 is 0 Å². The number of benzene rings is 3. The maximum Gasteiger partial charge on any atom is 0.264 e. The van der Waals surface area contributed by atoms with Crippen LogP contribution < -0.4 is 19.1 Å². The van der Waals surface area contributed by atoms with E-state index in [1.807, 2.05) is 13.8 Å². The minimum atomic E-state index is -4.24. The monoisotopic (exact) mass is 635 g/mol. The second-order valence-corrected chi connectivity index (χ2v) is 12.3. The normalized spacial score (nSPS) is 12.6. The van der Waals surface area contributed by atoms with Crippen molar-refractivity contribution in [3.05, 3.63) is 82.3 Å². The van der Waals surface area contributed by atoms with Gasteiger partial charge in [-0.15, -0.1) is 0 Å². The number of ether oxygens (including phenoxy) is 2. The van der Waals surface area contributed by atoms with E-state index in [-0.39, 0.29) is 34.8 Å². The van der Waals surface area contributed by atoms with E-state index in [9.17, 15) is 18.0 Å². The lowest BCUT2D eigenvalue weighted by Crippen LogP contribution is -2.52. The van der Waals surface area contributed by atoms with Gasteiger partial charge >= 0.3 is 0 Å². The van der Waals surface area contributed by atoms with E-state index < -0.39 is 28.5 Å². The molecule has 0 aliphatic carbocycles. The average Bonchev–Trinajstić information content (AvgIpc) is 2.98. The Kier molecular flexibility index (Phi) is 11.5. The van der Waals surface area contributed by atoms with E-state index in [0.29, 0.717) is 27.8 Å². The van der Waals surface area contributed by atoms with Crippen LogP contribution in [-0.4, -0.2) is 58.0 Å². The summed E-state index contributed by atoms with van der Waals surface area (Å²) < 4.78 is 39.6. The van der Waals surface area contributed by atoms with Crippen LogP contribution in [-0.2, 0) is 26.2 Å². The summed E-state index contributed by atoms with van der Waals surface area (Å²) in [4.78, 5) is 28.6. The Morgan fingerprint density at radius 1 is 0.929 bits per heavy atom. The number of nitrogens with one attached hydrogen (secondary N) is 1. The fraction of sp³-hybridized carbons (Fsp3) is 0.333. The molecule has 0 saturated heterocycles. The lowest BCUT2D eigenvalue weighted by molar-refractivity contribution is -0.139. The lowest BCUT2D eigenvalue weighted by Gasteiger charge is -2.32. The molecule has 42 heavy (non-hydrogen) atoms. The van der Waals surface area contributed by atoms with Crippen LogP contribution in [0.3, 0.4) is 0 Å². The molecule has 0 heterocycles.